The number of amides is 2. The zero-order chi connectivity index (χ0) is 29.5. The molecule has 5 atom stereocenters. The second-order valence-electron chi connectivity index (χ2n) is 10.0. The van der Waals surface area contributed by atoms with E-state index in [-0.39, 0.29) is 37.6 Å². The molecule has 0 saturated carbocycles. The summed E-state index contributed by atoms with van der Waals surface area (Å²) in [4.78, 5) is 40.4. The van der Waals surface area contributed by atoms with Gasteiger partial charge in [-0.3, -0.25) is 19.3 Å². The first-order chi connectivity index (χ1) is 20.5. The Balaban J connectivity index is 1.55. The SMILES string of the molecule is C=CCO[C@@H]1O[C@H](COC(C)=O)[C@@H](OCc2ccccc2)[C@H](OCc2ccccc2)[C@H]1N1C(=O)c2ccccc2C1=O. The summed E-state index contributed by atoms with van der Waals surface area (Å²) in [6.07, 6.45) is -2.18. The summed E-state index contributed by atoms with van der Waals surface area (Å²) < 4.78 is 30.7. The molecule has 3 aromatic carbocycles. The number of ether oxygens (including phenoxy) is 5. The summed E-state index contributed by atoms with van der Waals surface area (Å²) in [6.45, 7) is 5.30. The first-order valence-electron chi connectivity index (χ1n) is 13.8. The third-order valence-corrected chi connectivity index (χ3v) is 7.14. The third-order valence-electron chi connectivity index (χ3n) is 7.14. The van der Waals surface area contributed by atoms with E-state index in [2.05, 4.69) is 6.58 Å². The number of nitrogens with zero attached hydrogens (tertiary/aromatic N) is 1. The summed E-state index contributed by atoms with van der Waals surface area (Å²) in [5, 5.41) is 0. The van der Waals surface area contributed by atoms with Crippen LogP contribution in [-0.4, -0.2) is 66.5 Å². The first-order valence-corrected chi connectivity index (χ1v) is 13.8. The van der Waals surface area contributed by atoms with Crippen LogP contribution in [0.4, 0.5) is 0 Å². The number of hydrogen-bond donors (Lipinski definition) is 0. The van der Waals surface area contributed by atoms with Gasteiger partial charge in [-0.15, -0.1) is 6.58 Å². The van der Waals surface area contributed by atoms with Crippen LogP contribution in [-0.2, 0) is 41.7 Å². The number of carbonyl (C=O) groups is 3. The molecule has 2 amide bonds. The summed E-state index contributed by atoms with van der Waals surface area (Å²) in [5.74, 6) is -1.46. The van der Waals surface area contributed by atoms with Crippen LogP contribution in [0.2, 0.25) is 0 Å². The van der Waals surface area contributed by atoms with Crippen LogP contribution in [0.1, 0.15) is 38.8 Å². The fourth-order valence-electron chi connectivity index (χ4n) is 5.20. The van der Waals surface area contributed by atoms with Crippen LogP contribution in [0.5, 0.6) is 0 Å². The first kappa shape index (κ1) is 29.3. The van der Waals surface area contributed by atoms with Crippen molar-refractivity contribution in [3.63, 3.8) is 0 Å². The van der Waals surface area contributed by atoms with Crippen molar-refractivity contribution >= 4 is 17.8 Å². The van der Waals surface area contributed by atoms with Gasteiger partial charge in [0.1, 0.15) is 31.0 Å². The molecule has 0 bridgehead atoms. The number of hydrogen-bond acceptors (Lipinski definition) is 8. The van der Waals surface area contributed by atoms with Crippen molar-refractivity contribution < 1.29 is 38.1 Å². The number of benzene rings is 3. The monoisotopic (exact) mass is 571 g/mol. The van der Waals surface area contributed by atoms with Gasteiger partial charge in [0.15, 0.2) is 6.29 Å². The second kappa shape index (κ2) is 13.7. The van der Waals surface area contributed by atoms with E-state index in [1.807, 2.05) is 60.7 Å². The third kappa shape index (κ3) is 6.50. The van der Waals surface area contributed by atoms with Gasteiger partial charge in [0, 0.05) is 6.92 Å². The molecular weight excluding hydrogens is 538 g/mol. The zero-order valence-corrected chi connectivity index (χ0v) is 23.3. The summed E-state index contributed by atoms with van der Waals surface area (Å²) in [5.41, 5.74) is 2.35. The smallest absolute Gasteiger partial charge is 0.302 e. The highest BCUT2D eigenvalue weighted by Crippen LogP contribution is 2.36. The fraction of sp³-hybridized carbons (Fsp3) is 0.303. The van der Waals surface area contributed by atoms with Gasteiger partial charge in [-0.05, 0) is 23.3 Å². The Morgan fingerprint density at radius 2 is 1.33 bits per heavy atom. The Morgan fingerprint density at radius 1 is 0.810 bits per heavy atom. The van der Waals surface area contributed by atoms with E-state index in [1.165, 1.54) is 6.92 Å². The standard InChI is InChI=1S/C33H33NO8/c1-3-18-38-33-28(34-31(36)25-16-10-11-17-26(25)32(34)37)30(41-20-24-14-8-5-9-15-24)29(27(42-33)21-39-22(2)35)40-19-23-12-6-4-7-13-23/h3-17,27-30,33H,1,18-21H2,2H3/t27-,28-,29-,30-,33-/m1/s1. The molecule has 0 aliphatic carbocycles. The van der Waals surface area contributed by atoms with Crippen LogP contribution >= 0.6 is 0 Å². The average molecular weight is 572 g/mol. The van der Waals surface area contributed by atoms with Gasteiger partial charge in [0.05, 0.1) is 30.9 Å². The highest BCUT2D eigenvalue weighted by Gasteiger charge is 2.55. The van der Waals surface area contributed by atoms with Gasteiger partial charge >= 0.3 is 5.97 Å². The molecule has 5 rings (SSSR count). The molecule has 9 heteroatoms. The molecule has 2 heterocycles. The number of esters is 1. The van der Waals surface area contributed by atoms with Gasteiger partial charge in [0.25, 0.3) is 11.8 Å². The van der Waals surface area contributed by atoms with Gasteiger partial charge in [-0.25, -0.2) is 0 Å². The lowest BCUT2D eigenvalue weighted by Crippen LogP contribution is -2.67. The number of fused-ring (bicyclic) bond motifs is 1. The van der Waals surface area contributed by atoms with Crippen LogP contribution in [0.15, 0.2) is 97.6 Å². The zero-order valence-electron chi connectivity index (χ0n) is 23.3. The molecule has 0 unspecified atom stereocenters. The normalized spacial score (nSPS) is 23.5. The van der Waals surface area contributed by atoms with E-state index in [9.17, 15) is 14.4 Å². The van der Waals surface area contributed by atoms with E-state index in [1.54, 1.807) is 30.3 Å². The molecular formula is C33H33NO8. The minimum absolute atomic E-state index is 0.0750. The van der Waals surface area contributed by atoms with Crippen LogP contribution in [0.25, 0.3) is 0 Å². The molecule has 9 nitrogen and oxygen atoms in total. The maximum atomic E-state index is 13.7. The van der Waals surface area contributed by atoms with Crippen LogP contribution < -0.4 is 0 Å². The molecule has 0 radical (unpaired) electrons. The van der Waals surface area contributed by atoms with E-state index in [0.717, 1.165) is 16.0 Å². The Kier molecular flexibility index (Phi) is 9.55. The lowest BCUT2D eigenvalue weighted by molar-refractivity contribution is -0.295. The van der Waals surface area contributed by atoms with Crippen molar-refractivity contribution in [2.75, 3.05) is 13.2 Å². The highest BCUT2D eigenvalue weighted by molar-refractivity contribution is 6.21. The number of imide groups is 1. The largest absolute Gasteiger partial charge is 0.463 e. The van der Waals surface area contributed by atoms with Crippen LogP contribution in [0.3, 0.4) is 0 Å². The molecule has 218 valence electrons. The van der Waals surface area contributed by atoms with Crippen molar-refractivity contribution in [2.24, 2.45) is 0 Å². The van der Waals surface area contributed by atoms with Gasteiger partial charge in [-0.1, -0.05) is 78.9 Å². The topological polar surface area (TPSA) is 101 Å². The lowest BCUT2D eigenvalue weighted by Gasteiger charge is -2.48. The molecule has 1 saturated heterocycles. The number of rotatable bonds is 12. The van der Waals surface area contributed by atoms with Gasteiger partial charge < -0.3 is 23.7 Å². The molecule has 2 aliphatic rings. The Labute approximate surface area is 244 Å². The highest BCUT2D eigenvalue weighted by atomic mass is 16.7. The van der Waals surface area contributed by atoms with Crippen LogP contribution in [0, 0.1) is 0 Å². The second-order valence-corrected chi connectivity index (χ2v) is 10.0. The van der Waals surface area contributed by atoms with Crippen molar-refractivity contribution in [1.29, 1.82) is 0 Å². The summed E-state index contributed by atoms with van der Waals surface area (Å²) in [7, 11) is 0. The van der Waals surface area contributed by atoms with Crippen molar-refractivity contribution in [3.05, 3.63) is 120 Å². The average Bonchev–Trinajstić information content (AvgIpc) is 3.27. The maximum Gasteiger partial charge on any atom is 0.302 e. The van der Waals surface area contributed by atoms with Crippen molar-refractivity contribution in [3.8, 4) is 0 Å². The molecule has 0 N–H and O–H groups in total. The minimum atomic E-state index is -1.12. The predicted molar refractivity (Wildman–Crippen MR) is 152 cm³/mol. The fourth-order valence-corrected chi connectivity index (χ4v) is 5.20. The molecule has 0 aromatic heterocycles. The van der Waals surface area contributed by atoms with E-state index in [0.29, 0.717) is 0 Å². The lowest BCUT2D eigenvalue weighted by atomic mass is 9.94. The van der Waals surface area contributed by atoms with Crippen molar-refractivity contribution in [2.45, 2.75) is 50.8 Å². The van der Waals surface area contributed by atoms with Gasteiger partial charge in [0.2, 0.25) is 0 Å². The van der Waals surface area contributed by atoms with Crippen molar-refractivity contribution in [1.82, 2.24) is 4.90 Å². The minimum Gasteiger partial charge on any atom is -0.463 e. The predicted octanol–water partition coefficient (Wildman–Crippen LogP) is 4.31. The summed E-state index contributed by atoms with van der Waals surface area (Å²) in [6, 6.07) is 24.7. The maximum absolute atomic E-state index is 13.7. The molecule has 1 fully saturated rings. The number of carbonyl (C=O) groups excluding carboxylic acids is 3. The van der Waals surface area contributed by atoms with E-state index in [4.69, 9.17) is 23.7 Å². The molecule has 2 aliphatic heterocycles. The molecule has 42 heavy (non-hydrogen) atoms. The Hall–Kier alpha value is -4.15. The molecule has 0 spiro atoms. The van der Waals surface area contributed by atoms with E-state index >= 15 is 0 Å². The van der Waals surface area contributed by atoms with Gasteiger partial charge in [-0.2, -0.15) is 0 Å². The molecule has 3 aromatic rings. The Morgan fingerprint density at radius 3 is 1.86 bits per heavy atom. The summed E-state index contributed by atoms with van der Waals surface area (Å²) >= 11 is 0. The quantitative estimate of drug-likeness (QED) is 0.180. The van der Waals surface area contributed by atoms with E-state index < -0.39 is 48.4 Å². The Bertz CT molecular complexity index is 1360.